The Kier molecular flexibility index (Phi) is 9.37. The highest BCUT2D eigenvalue weighted by Gasteiger charge is 2.15. The summed E-state index contributed by atoms with van der Waals surface area (Å²) in [5.74, 6) is 1.28. The van der Waals surface area contributed by atoms with Gasteiger partial charge in [0.05, 0.1) is 12.6 Å². The number of halogens is 1. The first-order chi connectivity index (χ1) is 13.4. The molecule has 0 radical (unpaired) electrons. The molecule has 1 aliphatic heterocycles. The van der Waals surface area contributed by atoms with Gasteiger partial charge < -0.3 is 25.0 Å². The molecule has 28 heavy (non-hydrogen) atoms. The number of rotatable bonds is 8. The molecule has 1 saturated heterocycles. The Hall–Kier alpha value is -1.99. The maximum atomic E-state index is 11.9. The summed E-state index contributed by atoms with van der Waals surface area (Å²) in [6.07, 6.45) is 3.41. The minimum Gasteiger partial charge on any atom is -0.489 e. The van der Waals surface area contributed by atoms with Gasteiger partial charge in [0, 0.05) is 32.3 Å². The van der Waals surface area contributed by atoms with Gasteiger partial charge in [0.15, 0.2) is 5.96 Å². The van der Waals surface area contributed by atoms with Crippen molar-refractivity contribution in [3.63, 3.8) is 0 Å². The number of nitrogens with one attached hydrogen (secondary N) is 2. The Morgan fingerprint density at radius 2 is 2.07 bits per heavy atom. The molecule has 7 nitrogen and oxygen atoms in total. The zero-order chi connectivity index (χ0) is 20.4. The van der Waals surface area contributed by atoms with E-state index in [4.69, 9.17) is 21.1 Å². The van der Waals surface area contributed by atoms with Gasteiger partial charge in [-0.05, 0) is 50.5 Å². The Morgan fingerprint density at radius 3 is 2.71 bits per heavy atom. The summed E-state index contributed by atoms with van der Waals surface area (Å²) in [6.45, 7) is 4.05. The van der Waals surface area contributed by atoms with E-state index in [1.807, 2.05) is 19.1 Å². The summed E-state index contributed by atoms with van der Waals surface area (Å²) in [5.41, 5.74) is 0. The largest absolute Gasteiger partial charge is 0.489 e. The molecule has 156 valence electrons. The second-order valence-corrected chi connectivity index (χ2v) is 7.52. The molecule has 1 aromatic rings. The lowest BCUT2D eigenvalue weighted by molar-refractivity contribution is -0.127. The maximum Gasteiger partial charge on any atom is 0.243 e. The molecule has 8 heteroatoms. The van der Waals surface area contributed by atoms with E-state index in [2.05, 4.69) is 15.6 Å². The highest BCUT2D eigenvalue weighted by molar-refractivity contribution is 6.30. The first-order valence-electron chi connectivity index (χ1n) is 9.70. The number of hydrogen-bond donors (Lipinski definition) is 2. The number of carbonyl (C=O) groups excluding carboxylic acids is 1. The van der Waals surface area contributed by atoms with E-state index < -0.39 is 0 Å². The fourth-order valence-electron chi connectivity index (χ4n) is 2.67. The number of nitrogens with zero attached hydrogens (tertiary/aromatic N) is 2. The molecule has 0 spiro atoms. The third-order valence-corrected chi connectivity index (χ3v) is 4.60. The van der Waals surface area contributed by atoms with Gasteiger partial charge in [-0.2, -0.15) is 0 Å². The number of amides is 1. The molecule has 0 bridgehead atoms. The van der Waals surface area contributed by atoms with E-state index in [1.54, 1.807) is 26.2 Å². The monoisotopic (exact) mass is 410 g/mol. The minimum atomic E-state index is -0.0938. The van der Waals surface area contributed by atoms with Gasteiger partial charge in [0.25, 0.3) is 0 Å². The summed E-state index contributed by atoms with van der Waals surface area (Å²) in [7, 11) is 3.44. The van der Waals surface area contributed by atoms with Crippen LogP contribution in [0, 0.1) is 0 Å². The van der Waals surface area contributed by atoms with E-state index in [1.165, 1.54) is 11.3 Å². The number of likely N-dealkylation sites (N-methyl/N-ethyl adjacent to an activating group) is 1. The molecule has 2 unspecified atom stereocenters. The first-order valence-corrected chi connectivity index (χ1v) is 10.1. The van der Waals surface area contributed by atoms with Crippen molar-refractivity contribution in [2.45, 2.75) is 38.4 Å². The molecule has 2 rings (SSSR count). The van der Waals surface area contributed by atoms with Crippen molar-refractivity contribution in [1.82, 2.24) is 15.5 Å². The van der Waals surface area contributed by atoms with Crippen molar-refractivity contribution in [2.24, 2.45) is 4.99 Å². The van der Waals surface area contributed by atoms with Crippen LogP contribution in [0.5, 0.6) is 5.75 Å². The van der Waals surface area contributed by atoms with Crippen molar-refractivity contribution < 1.29 is 14.3 Å². The second kappa shape index (κ2) is 11.8. The quantitative estimate of drug-likeness (QED) is 0.508. The number of benzene rings is 1. The maximum absolute atomic E-state index is 11.9. The average Bonchev–Trinajstić information content (AvgIpc) is 2.69. The average molecular weight is 411 g/mol. The van der Waals surface area contributed by atoms with E-state index in [0.29, 0.717) is 24.1 Å². The van der Waals surface area contributed by atoms with Crippen molar-refractivity contribution in [2.75, 3.05) is 40.3 Å². The number of hydrogen-bond acceptors (Lipinski definition) is 4. The number of carbonyl (C=O) groups is 1. The topological polar surface area (TPSA) is 75.2 Å². The molecular formula is C20H31ClN4O3. The Balaban J connectivity index is 1.86. The van der Waals surface area contributed by atoms with Gasteiger partial charge in [-0.1, -0.05) is 11.6 Å². The molecule has 2 N–H and O–H groups in total. The van der Waals surface area contributed by atoms with Gasteiger partial charge in [0.1, 0.15) is 18.4 Å². The smallest absolute Gasteiger partial charge is 0.243 e. The highest BCUT2D eigenvalue weighted by atomic mass is 35.5. The lowest BCUT2D eigenvalue weighted by Crippen LogP contribution is -2.45. The Morgan fingerprint density at radius 1 is 1.32 bits per heavy atom. The molecule has 1 fully saturated rings. The van der Waals surface area contributed by atoms with Crippen molar-refractivity contribution in [3.05, 3.63) is 29.3 Å². The third-order valence-electron chi connectivity index (χ3n) is 4.35. The van der Waals surface area contributed by atoms with Crippen molar-refractivity contribution in [1.29, 1.82) is 0 Å². The molecule has 1 aliphatic rings. The normalized spacial score (nSPS) is 18.3. The third kappa shape index (κ3) is 8.35. The van der Waals surface area contributed by atoms with E-state index in [-0.39, 0.29) is 24.7 Å². The number of ether oxygens (including phenoxy) is 2. The Labute approximate surface area is 172 Å². The predicted molar refractivity (Wildman–Crippen MR) is 112 cm³/mol. The molecule has 1 heterocycles. The van der Waals surface area contributed by atoms with Gasteiger partial charge in [-0.25, -0.2) is 4.99 Å². The summed E-state index contributed by atoms with van der Waals surface area (Å²) >= 11 is 5.90. The van der Waals surface area contributed by atoms with Crippen LogP contribution >= 0.6 is 11.6 Å². The molecular weight excluding hydrogens is 380 g/mol. The number of aliphatic imine (C=N–C) groups is 1. The highest BCUT2D eigenvalue weighted by Crippen LogP contribution is 2.16. The Bertz CT molecular complexity index is 631. The first kappa shape index (κ1) is 22.3. The molecule has 2 atom stereocenters. The van der Waals surface area contributed by atoms with Crippen LogP contribution in [0.4, 0.5) is 0 Å². The summed E-state index contributed by atoms with van der Waals surface area (Å²) < 4.78 is 11.6. The standard InChI is InChI=1S/C20H31ClN4O3/c1-15(28-17-9-7-16(21)8-10-17)12-22-20(24-14-19(26)25(2)3)23-13-18-6-4-5-11-27-18/h7-10,15,18H,4-6,11-14H2,1-3H3,(H2,22,23,24). The summed E-state index contributed by atoms with van der Waals surface area (Å²) in [4.78, 5) is 17.8. The van der Waals surface area contributed by atoms with Crippen LogP contribution in [0.1, 0.15) is 26.2 Å². The zero-order valence-corrected chi connectivity index (χ0v) is 17.7. The van der Waals surface area contributed by atoms with Crippen LogP contribution in [0.15, 0.2) is 29.3 Å². The van der Waals surface area contributed by atoms with E-state index >= 15 is 0 Å². The van der Waals surface area contributed by atoms with Gasteiger partial charge in [-0.3, -0.25) is 4.79 Å². The molecule has 0 saturated carbocycles. The summed E-state index contributed by atoms with van der Waals surface area (Å²) in [6, 6.07) is 7.26. The van der Waals surface area contributed by atoms with Gasteiger partial charge in [0.2, 0.25) is 5.91 Å². The molecule has 1 aromatic carbocycles. The minimum absolute atomic E-state index is 0.0551. The molecule has 1 amide bonds. The fraction of sp³-hybridized carbons (Fsp3) is 0.600. The van der Waals surface area contributed by atoms with Crippen LogP contribution in [0.2, 0.25) is 5.02 Å². The van der Waals surface area contributed by atoms with Crippen LogP contribution < -0.4 is 15.4 Å². The number of guanidine groups is 1. The van der Waals surface area contributed by atoms with Crippen molar-refractivity contribution >= 4 is 23.5 Å². The second-order valence-electron chi connectivity index (χ2n) is 7.09. The lowest BCUT2D eigenvalue weighted by Gasteiger charge is -2.24. The van der Waals surface area contributed by atoms with Gasteiger partial charge >= 0.3 is 0 Å². The van der Waals surface area contributed by atoms with Crippen LogP contribution in [-0.4, -0.2) is 69.3 Å². The van der Waals surface area contributed by atoms with Crippen LogP contribution in [0.25, 0.3) is 0 Å². The molecule has 0 aromatic heterocycles. The van der Waals surface area contributed by atoms with Crippen LogP contribution in [-0.2, 0) is 9.53 Å². The van der Waals surface area contributed by atoms with E-state index in [9.17, 15) is 4.79 Å². The SMILES string of the molecule is CC(CNC(=NCC(=O)N(C)C)NCC1CCCCO1)Oc1ccc(Cl)cc1. The molecule has 0 aliphatic carbocycles. The van der Waals surface area contributed by atoms with Gasteiger partial charge in [-0.15, -0.1) is 0 Å². The zero-order valence-electron chi connectivity index (χ0n) is 16.9. The lowest BCUT2D eigenvalue weighted by atomic mass is 10.1. The van der Waals surface area contributed by atoms with Crippen LogP contribution in [0.3, 0.4) is 0 Å². The van der Waals surface area contributed by atoms with E-state index in [0.717, 1.165) is 25.2 Å². The fourth-order valence-corrected chi connectivity index (χ4v) is 2.79. The van der Waals surface area contributed by atoms with Crippen molar-refractivity contribution in [3.8, 4) is 5.75 Å². The predicted octanol–water partition coefficient (Wildman–Crippen LogP) is 2.30. The summed E-state index contributed by atoms with van der Waals surface area (Å²) in [5, 5.41) is 7.20.